The van der Waals surface area contributed by atoms with Gasteiger partial charge in [0, 0.05) is 36.1 Å². The van der Waals surface area contributed by atoms with Gasteiger partial charge in [-0.25, -0.2) is 8.42 Å². The third-order valence-electron chi connectivity index (χ3n) is 3.21. The average molecular weight is 319 g/mol. The van der Waals surface area contributed by atoms with Crippen LogP contribution in [-0.4, -0.2) is 25.8 Å². The number of nitro benzene ring substituents is 1. The van der Waals surface area contributed by atoms with E-state index in [9.17, 15) is 23.3 Å². The van der Waals surface area contributed by atoms with E-state index in [0.717, 1.165) is 6.07 Å². The van der Waals surface area contributed by atoms with Gasteiger partial charge < -0.3 is 4.90 Å². The molecule has 1 heterocycles. The van der Waals surface area contributed by atoms with Crippen LogP contribution in [0.5, 0.6) is 0 Å². The summed E-state index contributed by atoms with van der Waals surface area (Å²) in [5.74, 6) is -0.536. The van der Waals surface area contributed by atoms with Gasteiger partial charge in [0.15, 0.2) is 0 Å². The molecular formula is C11H11ClN2O5S. The van der Waals surface area contributed by atoms with Crippen LogP contribution in [-0.2, 0) is 13.8 Å². The maximum atomic E-state index is 11.6. The second-order valence-corrected chi connectivity index (χ2v) is 7.17. The van der Waals surface area contributed by atoms with Crippen LogP contribution < -0.4 is 4.90 Å². The number of amides is 1. The van der Waals surface area contributed by atoms with Crippen LogP contribution in [0.4, 0.5) is 11.4 Å². The maximum Gasteiger partial charge on any atom is 0.294 e. The van der Waals surface area contributed by atoms with Crippen LogP contribution in [0.1, 0.15) is 25.3 Å². The minimum absolute atomic E-state index is 0.152. The van der Waals surface area contributed by atoms with Gasteiger partial charge in [0.05, 0.1) is 9.82 Å². The van der Waals surface area contributed by atoms with Gasteiger partial charge >= 0.3 is 0 Å². The van der Waals surface area contributed by atoms with Crippen LogP contribution >= 0.6 is 10.7 Å². The van der Waals surface area contributed by atoms with E-state index < -0.39 is 19.7 Å². The Morgan fingerprint density at radius 3 is 2.55 bits per heavy atom. The number of hydrogen-bond donors (Lipinski definition) is 0. The highest BCUT2D eigenvalue weighted by atomic mass is 35.7. The molecule has 0 fully saturated rings. The summed E-state index contributed by atoms with van der Waals surface area (Å²) in [5.41, 5.74) is 0.161. The quantitative estimate of drug-likeness (QED) is 0.472. The van der Waals surface area contributed by atoms with Crippen molar-refractivity contribution in [3.8, 4) is 0 Å². The van der Waals surface area contributed by atoms with Crippen molar-refractivity contribution in [2.75, 3.05) is 11.4 Å². The number of nitrogens with zero attached hydrogens (tertiary/aromatic N) is 2. The molecule has 20 heavy (non-hydrogen) atoms. The Balaban J connectivity index is 2.79. The van der Waals surface area contributed by atoms with Gasteiger partial charge in [0.25, 0.3) is 14.7 Å². The average Bonchev–Trinajstić information content (AvgIpc) is 2.65. The minimum Gasteiger partial charge on any atom is -0.306 e. The fourth-order valence-corrected chi connectivity index (χ4v) is 3.10. The number of halogens is 1. The summed E-state index contributed by atoms with van der Waals surface area (Å²) in [7, 11) is 1.18. The second kappa shape index (κ2) is 4.71. The lowest BCUT2D eigenvalue weighted by molar-refractivity contribution is -0.384. The highest BCUT2D eigenvalue weighted by Crippen LogP contribution is 2.44. The normalized spacial score (nSPS) is 17.9. The molecule has 1 aromatic carbocycles. The van der Waals surface area contributed by atoms with Crippen LogP contribution in [0, 0.1) is 10.1 Å². The standard InChI is InChI=1S/C11H11ClN2O5S/c1-6-5-13(7(2)15)11-9(6)3-8(20(12,18)19)4-10(11)14(16)17/h3-4,6H,5H2,1-2H3/t6-/m1/s1. The molecule has 0 saturated heterocycles. The zero-order valence-corrected chi connectivity index (χ0v) is 12.2. The Morgan fingerprint density at radius 1 is 1.50 bits per heavy atom. The van der Waals surface area contributed by atoms with Gasteiger partial charge in [-0.1, -0.05) is 6.92 Å². The van der Waals surface area contributed by atoms with Crippen molar-refractivity contribution in [3.05, 3.63) is 27.8 Å². The Hall–Kier alpha value is -1.67. The Kier molecular flexibility index (Phi) is 3.47. The smallest absolute Gasteiger partial charge is 0.294 e. The molecule has 1 amide bonds. The molecule has 9 heteroatoms. The minimum atomic E-state index is -4.08. The first-order valence-electron chi connectivity index (χ1n) is 5.68. The third kappa shape index (κ3) is 2.36. The van der Waals surface area contributed by atoms with E-state index in [0.29, 0.717) is 5.56 Å². The zero-order valence-electron chi connectivity index (χ0n) is 10.7. The molecule has 0 aromatic heterocycles. The number of carbonyl (C=O) groups is 1. The molecule has 1 atom stereocenters. The summed E-state index contributed by atoms with van der Waals surface area (Å²) < 4.78 is 22.8. The topological polar surface area (TPSA) is 97.6 Å². The molecule has 108 valence electrons. The van der Waals surface area contributed by atoms with E-state index in [1.54, 1.807) is 6.92 Å². The first-order valence-corrected chi connectivity index (χ1v) is 7.99. The van der Waals surface area contributed by atoms with Gasteiger partial charge in [-0.05, 0) is 11.6 Å². The molecule has 0 aliphatic carbocycles. The molecule has 0 spiro atoms. The highest BCUT2D eigenvalue weighted by molar-refractivity contribution is 8.13. The van der Waals surface area contributed by atoms with Crippen LogP contribution in [0.15, 0.2) is 17.0 Å². The van der Waals surface area contributed by atoms with Gasteiger partial charge in [-0.2, -0.15) is 0 Å². The predicted molar refractivity (Wildman–Crippen MR) is 72.6 cm³/mol. The largest absolute Gasteiger partial charge is 0.306 e. The fraction of sp³-hybridized carbons (Fsp3) is 0.364. The molecule has 1 aliphatic rings. The molecule has 0 bridgehead atoms. The first kappa shape index (κ1) is 14.7. The maximum absolute atomic E-state index is 11.6. The van der Waals surface area contributed by atoms with Crippen molar-refractivity contribution < 1.29 is 18.1 Å². The first-order chi connectivity index (χ1) is 9.12. The van der Waals surface area contributed by atoms with Gasteiger partial charge in [0.1, 0.15) is 5.69 Å². The Morgan fingerprint density at radius 2 is 2.10 bits per heavy atom. The zero-order chi connectivity index (χ0) is 15.2. The van der Waals surface area contributed by atoms with Crippen molar-refractivity contribution in [3.63, 3.8) is 0 Å². The fourth-order valence-electron chi connectivity index (χ4n) is 2.31. The number of benzene rings is 1. The molecule has 7 nitrogen and oxygen atoms in total. The molecule has 0 radical (unpaired) electrons. The van der Waals surface area contributed by atoms with Gasteiger partial charge in [0.2, 0.25) is 5.91 Å². The Bertz CT molecular complexity index is 716. The molecule has 2 rings (SSSR count). The van der Waals surface area contributed by atoms with Crippen LogP contribution in [0.25, 0.3) is 0 Å². The molecule has 1 aliphatic heterocycles. The monoisotopic (exact) mass is 318 g/mol. The molecule has 1 aromatic rings. The summed E-state index contributed by atoms with van der Waals surface area (Å²) in [4.78, 5) is 23.0. The lowest BCUT2D eigenvalue weighted by atomic mass is 10.0. The molecule has 0 saturated carbocycles. The van der Waals surface area contributed by atoms with E-state index >= 15 is 0 Å². The van der Waals surface area contributed by atoms with Crippen LogP contribution in [0.2, 0.25) is 0 Å². The van der Waals surface area contributed by atoms with Crippen molar-refractivity contribution in [1.82, 2.24) is 0 Å². The van der Waals surface area contributed by atoms with E-state index in [1.807, 2.05) is 0 Å². The second-order valence-electron chi connectivity index (χ2n) is 4.61. The summed E-state index contributed by atoms with van der Waals surface area (Å²) in [6.07, 6.45) is 0. The van der Waals surface area contributed by atoms with Gasteiger partial charge in [-0.3, -0.25) is 14.9 Å². The van der Waals surface area contributed by atoms with Crippen molar-refractivity contribution in [2.45, 2.75) is 24.7 Å². The van der Waals surface area contributed by atoms with Crippen molar-refractivity contribution in [2.24, 2.45) is 0 Å². The predicted octanol–water partition coefficient (Wildman–Crippen LogP) is 1.99. The van der Waals surface area contributed by atoms with Crippen LogP contribution in [0.3, 0.4) is 0 Å². The summed E-state index contributed by atoms with van der Waals surface area (Å²) in [6.45, 7) is 3.34. The Labute approximate surface area is 119 Å². The van der Waals surface area contributed by atoms with Crippen molar-refractivity contribution >= 4 is 37.0 Å². The molecule has 0 N–H and O–H groups in total. The summed E-state index contributed by atoms with van der Waals surface area (Å²) in [5, 5.41) is 11.1. The number of rotatable bonds is 2. The van der Waals surface area contributed by atoms with E-state index in [4.69, 9.17) is 10.7 Å². The highest BCUT2D eigenvalue weighted by Gasteiger charge is 2.36. The number of anilines is 1. The third-order valence-corrected chi connectivity index (χ3v) is 4.54. The summed E-state index contributed by atoms with van der Waals surface area (Å²) in [6, 6.07) is 2.17. The van der Waals surface area contributed by atoms with E-state index in [1.165, 1.54) is 17.9 Å². The van der Waals surface area contributed by atoms with E-state index in [-0.39, 0.29) is 29.0 Å². The number of hydrogen-bond acceptors (Lipinski definition) is 5. The summed E-state index contributed by atoms with van der Waals surface area (Å²) >= 11 is 0. The number of carbonyl (C=O) groups excluding carboxylic acids is 1. The van der Waals surface area contributed by atoms with E-state index in [2.05, 4.69) is 0 Å². The lowest BCUT2D eigenvalue weighted by Crippen LogP contribution is -2.27. The lowest BCUT2D eigenvalue weighted by Gasteiger charge is -2.14. The SMILES string of the molecule is CC(=O)N1C[C@@H](C)c2cc(S(=O)(=O)Cl)cc([N+](=O)[O-])c21. The van der Waals surface area contributed by atoms with Crippen molar-refractivity contribution in [1.29, 1.82) is 0 Å². The number of nitro groups is 1. The molecular weight excluding hydrogens is 308 g/mol. The molecule has 0 unspecified atom stereocenters. The van der Waals surface area contributed by atoms with Gasteiger partial charge in [-0.15, -0.1) is 0 Å². The number of fused-ring (bicyclic) bond motifs is 1.